The van der Waals surface area contributed by atoms with Crippen molar-refractivity contribution in [2.45, 2.75) is 24.9 Å². The number of nitrogens with one attached hydrogen (secondary N) is 1. The van der Waals surface area contributed by atoms with Gasteiger partial charge in [-0.05, 0) is 37.1 Å². The third-order valence-electron chi connectivity index (χ3n) is 2.70. The monoisotopic (exact) mass is 210 g/mol. The van der Waals surface area contributed by atoms with E-state index in [2.05, 4.69) is 11.4 Å². The summed E-state index contributed by atoms with van der Waals surface area (Å²) in [6, 6.07) is 8.68. The van der Waals surface area contributed by atoms with Gasteiger partial charge in [0.2, 0.25) is 0 Å². The van der Waals surface area contributed by atoms with Crippen molar-refractivity contribution in [2.75, 3.05) is 6.54 Å². The van der Waals surface area contributed by atoms with E-state index >= 15 is 0 Å². The molecule has 1 saturated heterocycles. The average molecular weight is 211 g/mol. The number of piperidine rings is 1. The predicted molar refractivity (Wildman–Crippen MR) is 59.4 cm³/mol. The number of hydrogen-bond acceptors (Lipinski definition) is 2. The Balaban J connectivity index is 2.14. The summed E-state index contributed by atoms with van der Waals surface area (Å²) in [6.45, 7) is 0.998. The Morgan fingerprint density at radius 2 is 2.29 bits per heavy atom. The molecule has 1 heterocycles. The lowest BCUT2D eigenvalue weighted by atomic mass is 9.94. The molecule has 2 rings (SSSR count). The topological polar surface area (TPSA) is 38.0 Å². The lowest BCUT2D eigenvalue weighted by molar-refractivity contribution is 0.369. The highest BCUT2D eigenvalue weighted by atomic mass is 35.5. The van der Waals surface area contributed by atoms with Crippen LogP contribution in [0, 0.1) is 0 Å². The molecule has 0 saturated carbocycles. The van der Waals surface area contributed by atoms with Crippen molar-refractivity contribution < 1.29 is 0 Å². The van der Waals surface area contributed by atoms with E-state index in [9.17, 15) is 0 Å². The Bertz CT molecular complexity index is 314. The van der Waals surface area contributed by atoms with Gasteiger partial charge in [0.25, 0.3) is 0 Å². The van der Waals surface area contributed by atoms with Crippen LogP contribution in [0.4, 0.5) is 0 Å². The largest absolute Gasteiger partial charge is 0.328 e. The average Bonchev–Trinajstić information content (AvgIpc) is 2.18. The lowest BCUT2D eigenvalue weighted by Crippen LogP contribution is -2.38. The van der Waals surface area contributed by atoms with Crippen molar-refractivity contribution in [3.63, 3.8) is 0 Å². The summed E-state index contributed by atoms with van der Waals surface area (Å²) in [6.07, 6.45) is 2.07. The summed E-state index contributed by atoms with van der Waals surface area (Å²) >= 11 is 5.94. The Hall–Kier alpha value is -0.570. The van der Waals surface area contributed by atoms with Gasteiger partial charge in [-0.15, -0.1) is 0 Å². The van der Waals surface area contributed by atoms with Crippen molar-refractivity contribution in [3.8, 4) is 0 Å². The van der Waals surface area contributed by atoms with E-state index in [1.807, 2.05) is 18.2 Å². The number of nitrogens with two attached hydrogens (primary N) is 1. The quantitative estimate of drug-likeness (QED) is 0.745. The number of hydrogen-bond donors (Lipinski definition) is 2. The molecule has 0 aromatic heterocycles. The minimum Gasteiger partial charge on any atom is -0.328 e. The molecule has 76 valence electrons. The zero-order chi connectivity index (χ0) is 9.97. The van der Waals surface area contributed by atoms with Crippen molar-refractivity contribution >= 4 is 11.6 Å². The zero-order valence-corrected chi connectivity index (χ0v) is 8.80. The number of benzene rings is 1. The predicted octanol–water partition coefficient (Wildman–Crippen LogP) is 2.09. The van der Waals surface area contributed by atoms with Crippen molar-refractivity contribution in [2.24, 2.45) is 5.73 Å². The number of halogens is 1. The minimum absolute atomic E-state index is 0.320. The standard InChI is InChI=1S/C11H15ClN2/c12-9-3-1-2-8(6-9)11-7-10(13)4-5-14-11/h1-3,6,10-11,14H,4-5,7,13H2. The minimum atomic E-state index is 0.320. The second kappa shape index (κ2) is 4.30. The summed E-state index contributed by atoms with van der Waals surface area (Å²) in [7, 11) is 0. The molecule has 0 amide bonds. The first-order valence-corrected chi connectivity index (χ1v) is 5.38. The SMILES string of the molecule is NC1CCNC(c2cccc(Cl)c2)C1. The van der Waals surface area contributed by atoms with Gasteiger partial charge in [-0.3, -0.25) is 0 Å². The lowest BCUT2D eigenvalue weighted by Gasteiger charge is -2.28. The molecule has 1 aliphatic heterocycles. The molecule has 14 heavy (non-hydrogen) atoms. The fourth-order valence-electron chi connectivity index (χ4n) is 1.92. The van der Waals surface area contributed by atoms with E-state index in [-0.39, 0.29) is 0 Å². The summed E-state index contributed by atoms with van der Waals surface area (Å²) in [5.74, 6) is 0. The molecular formula is C11H15ClN2. The fraction of sp³-hybridized carbons (Fsp3) is 0.455. The van der Waals surface area contributed by atoms with Gasteiger partial charge in [0, 0.05) is 17.1 Å². The molecule has 3 heteroatoms. The molecular weight excluding hydrogens is 196 g/mol. The van der Waals surface area contributed by atoms with E-state index in [1.54, 1.807) is 0 Å². The normalized spacial score (nSPS) is 27.6. The van der Waals surface area contributed by atoms with Gasteiger partial charge < -0.3 is 11.1 Å². The van der Waals surface area contributed by atoms with Crippen LogP contribution in [-0.2, 0) is 0 Å². The van der Waals surface area contributed by atoms with Crippen LogP contribution in [0.25, 0.3) is 0 Å². The highest BCUT2D eigenvalue weighted by Gasteiger charge is 2.19. The second-order valence-electron chi connectivity index (χ2n) is 3.85. The first kappa shape index (κ1) is 9.97. The van der Waals surface area contributed by atoms with Gasteiger partial charge in [-0.1, -0.05) is 23.7 Å². The molecule has 1 aromatic carbocycles. The van der Waals surface area contributed by atoms with E-state index in [1.165, 1.54) is 5.56 Å². The maximum atomic E-state index is 5.94. The number of rotatable bonds is 1. The first-order chi connectivity index (χ1) is 6.75. The van der Waals surface area contributed by atoms with Crippen LogP contribution in [-0.4, -0.2) is 12.6 Å². The van der Waals surface area contributed by atoms with Crippen molar-refractivity contribution in [3.05, 3.63) is 34.9 Å². The van der Waals surface area contributed by atoms with Crippen molar-refractivity contribution in [1.82, 2.24) is 5.32 Å². The highest BCUT2D eigenvalue weighted by Crippen LogP contribution is 2.24. The van der Waals surface area contributed by atoms with Gasteiger partial charge in [0.1, 0.15) is 0 Å². The first-order valence-electron chi connectivity index (χ1n) is 5.00. The van der Waals surface area contributed by atoms with Gasteiger partial charge in [0.15, 0.2) is 0 Å². The van der Waals surface area contributed by atoms with E-state index in [4.69, 9.17) is 17.3 Å². The van der Waals surface area contributed by atoms with Crippen LogP contribution >= 0.6 is 11.6 Å². The molecule has 0 radical (unpaired) electrons. The van der Waals surface area contributed by atoms with Crippen LogP contribution in [0.5, 0.6) is 0 Å². The molecule has 1 aromatic rings. The molecule has 2 unspecified atom stereocenters. The zero-order valence-electron chi connectivity index (χ0n) is 8.04. The van der Waals surface area contributed by atoms with Gasteiger partial charge in [-0.25, -0.2) is 0 Å². The summed E-state index contributed by atoms with van der Waals surface area (Å²) < 4.78 is 0. The fourth-order valence-corrected chi connectivity index (χ4v) is 2.12. The van der Waals surface area contributed by atoms with Crippen LogP contribution in [0.15, 0.2) is 24.3 Å². The summed E-state index contributed by atoms with van der Waals surface area (Å²) in [4.78, 5) is 0. The van der Waals surface area contributed by atoms with Gasteiger partial charge in [-0.2, -0.15) is 0 Å². The van der Waals surface area contributed by atoms with Gasteiger partial charge in [0.05, 0.1) is 0 Å². The van der Waals surface area contributed by atoms with E-state index in [0.29, 0.717) is 12.1 Å². The maximum absolute atomic E-state index is 5.94. The molecule has 2 nitrogen and oxygen atoms in total. The molecule has 0 spiro atoms. The van der Waals surface area contributed by atoms with E-state index < -0.39 is 0 Å². The summed E-state index contributed by atoms with van der Waals surface area (Å²) in [5, 5.41) is 4.25. The maximum Gasteiger partial charge on any atom is 0.0409 e. The molecule has 0 aliphatic carbocycles. The Labute approximate surface area is 89.4 Å². The molecule has 2 atom stereocenters. The molecule has 3 N–H and O–H groups in total. The summed E-state index contributed by atoms with van der Waals surface area (Å²) in [5.41, 5.74) is 7.17. The second-order valence-corrected chi connectivity index (χ2v) is 4.28. The molecule has 0 bridgehead atoms. The molecule has 1 aliphatic rings. The third kappa shape index (κ3) is 2.27. The van der Waals surface area contributed by atoms with Crippen LogP contribution in [0.2, 0.25) is 5.02 Å². The van der Waals surface area contributed by atoms with Gasteiger partial charge >= 0.3 is 0 Å². The smallest absolute Gasteiger partial charge is 0.0409 e. The van der Waals surface area contributed by atoms with Crippen LogP contribution < -0.4 is 11.1 Å². The van der Waals surface area contributed by atoms with Crippen molar-refractivity contribution in [1.29, 1.82) is 0 Å². The third-order valence-corrected chi connectivity index (χ3v) is 2.93. The molecule has 1 fully saturated rings. The van der Waals surface area contributed by atoms with Crippen LogP contribution in [0.1, 0.15) is 24.4 Å². The highest BCUT2D eigenvalue weighted by molar-refractivity contribution is 6.30. The Kier molecular flexibility index (Phi) is 3.06. The Morgan fingerprint density at radius 1 is 1.43 bits per heavy atom. The van der Waals surface area contributed by atoms with E-state index in [0.717, 1.165) is 24.4 Å². The van der Waals surface area contributed by atoms with Crippen LogP contribution in [0.3, 0.4) is 0 Å². The Morgan fingerprint density at radius 3 is 3.00 bits per heavy atom.